The lowest BCUT2D eigenvalue weighted by atomic mass is 10.0. The lowest BCUT2D eigenvalue weighted by Gasteiger charge is -2.24. The standard InChI is InChI=1S/C15H18N2O3/c18-15(17-4-3-11-8-16-9-12(11)17)10-1-2-13-14(7-10)20-6-5-19-13/h1-2,7,11-12,16H,3-6,8-9H2/t11-,12+/m0/s1. The van der Waals surface area contributed by atoms with Crippen molar-refractivity contribution < 1.29 is 14.3 Å². The summed E-state index contributed by atoms with van der Waals surface area (Å²) in [6, 6.07) is 5.84. The third kappa shape index (κ3) is 1.85. The second-order valence-corrected chi connectivity index (χ2v) is 5.63. The fourth-order valence-electron chi connectivity index (χ4n) is 3.44. The van der Waals surface area contributed by atoms with Gasteiger partial charge < -0.3 is 19.7 Å². The Morgan fingerprint density at radius 3 is 2.95 bits per heavy atom. The molecule has 0 unspecified atom stereocenters. The number of likely N-dealkylation sites (tertiary alicyclic amines) is 1. The molecule has 3 aliphatic heterocycles. The van der Waals surface area contributed by atoms with Crippen molar-refractivity contribution in [1.82, 2.24) is 10.2 Å². The summed E-state index contributed by atoms with van der Waals surface area (Å²) in [4.78, 5) is 14.7. The van der Waals surface area contributed by atoms with E-state index in [0.29, 0.717) is 36.5 Å². The number of amides is 1. The smallest absolute Gasteiger partial charge is 0.254 e. The van der Waals surface area contributed by atoms with Gasteiger partial charge >= 0.3 is 0 Å². The number of carbonyl (C=O) groups excluding carboxylic acids is 1. The summed E-state index contributed by atoms with van der Waals surface area (Å²) in [5.74, 6) is 2.14. The summed E-state index contributed by atoms with van der Waals surface area (Å²) < 4.78 is 11.0. The van der Waals surface area contributed by atoms with E-state index in [1.54, 1.807) is 0 Å². The van der Waals surface area contributed by atoms with Crippen molar-refractivity contribution in [1.29, 1.82) is 0 Å². The van der Waals surface area contributed by atoms with Crippen LogP contribution in [0.25, 0.3) is 0 Å². The highest BCUT2D eigenvalue weighted by Crippen LogP contribution is 2.33. The van der Waals surface area contributed by atoms with Crippen LogP contribution >= 0.6 is 0 Å². The topological polar surface area (TPSA) is 50.8 Å². The first kappa shape index (κ1) is 12.0. The van der Waals surface area contributed by atoms with E-state index < -0.39 is 0 Å². The van der Waals surface area contributed by atoms with Gasteiger partial charge in [0.2, 0.25) is 0 Å². The van der Waals surface area contributed by atoms with Gasteiger partial charge in [0.05, 0.1) is 0 Å². The lowest BCUT2D eigenvalue weighted by Crippen LogP contribution is -2.39. The highest BCUT2D eigenvalue weighted by atomic mass is 16.6. The quantitative estimate of drug-likeness (QED) is 0.826. The fraction of sp³-hybridized carbons (Fsp3) is 0.533. The molecule has 0 spiro atoms. The lowest BCUT2D eigenvalue weighted by molar-refractivity contribution is 0.0736. The van der Waals surface area contributed by atoms with Crippen LogP contribution in [0.2, 0.25) is 0 Å². The van der Waals surface area contributed by atoms with Crippen LogP contribution in [0, 0.1) is 5.92 Å². The van der Waals surface area contributed by atoms with Gasteiger partial charge in [0.1, 0.15) is 13.2 Å². The molecular weight excluding hydrogens is 256 g/mol. The molecule has 0 aromatic heterocycles. The van der Waals surface area contributed by atoms with Gasteiger partial charge in [-0.3, -0.25) is 4.79 Å². The van der Waals surface area contributed by atoms with Crippen LogP contribution in [0.3, 0.4) is 0 Å². The van der Waals surface area contributed by atoms with E-state index in [-0.39, 0.29) is 5.91 Å². The molecule has 5 heteroatoms. The number of rotatable bonds is 1. The van der Waals surface area contributed by atoms with Crippen LogP contribution in [0.4, 0.5) is 0 Å². The van der Waals surface area contributed by atoms with E-state index in [9.17, 15) is 4.79 Å². The number of hydrogen-bond acceptors (Lipinski definition) is 4. The highest BCUT2D eigenvalue weighted by Gasteiger charge is 2.40. The summed E-state index contributed by atoms with van der Waals surface area (Å²) in [7, 11) is 0. The molecule has 0 saturated carbocycles. The molecule has 1 aromatic carbocycles. The van der Waals surface area contributed by atoms with Crippen LogP contribution in [0.5, 0.6) is 11.5 Å². The van der Waals surface area contributed by atoms with E-state index >= 15 is 0 Å². The second kappa shape index (κ2) is 4.66. The summed E-state index contributed by atoms with van der Waals surface area (Å²) in [6.45, 7) is 3.94. The van der Waals surface area contributed by atoms with Gasteiger partial charge in [0.25, 0.3) is 5.91 Å². The number of nitrogens with one attached hydrogen (secondary N) is 1. The minimum Gasteiger partial charge on any atom is -0.486 e. The van der Waals surface area contributed by atoms with Crippen LogP contribution in [0.1, 0.15) is 16.8 Å². The van der Waals surface area contributed by atoms with E-state index in [1.165, 1.54) is 0 Å². The average molecular weight is 274 g/mol. The SMILES string of the molecule is O=C(c1ccc2c(c1)OCCO2)N1CC[C@H]2CNC[C@H]21. The van der Waals surface area contributed by atoms with Gasteiger partial charge in [-0.25, -0.2) is 0 Å². The monoisotopic (exact) mass is 274 g/mol. The zero-order chi connectivity index (χ0) is 13.5. The molecule has 1 aromatic rings. The van der Waals surface area contributed by atoms with Gasteiger partial charge in [-0.1, -0.05) is 0 Å². The molecule has 106 valence electrons. The van der Waals surface area contributed by atoms with E-state index in [1.807, 2.05) is 23.1 Å². The number of hydrogen-bond donors (Lipinski definition) is 1. The van der Waals surface area contributed by atoms with Crippen molar-refractivity contribution >= 4 is 5.91 Å². The predicted molar refractivity (Wildman–Crippen MR) is 73.2 cm³/mol. The van der Waals surface area contributed by atoms with Crippen LogP contribution < -0.4 is 14.8 Å². The highest BCUT2D eigenvalue weighted by molar-refractivity contribution is 5.95. The first-order valence-corrected chi connectivity index (χ1v) is 7.24. The Balaban J connectivity index is 1.59. The summed E-state index contributed by atoms with van der Waals surface area (Å²) >= 11 is 0. The maximum absolute atomic E-state index is 12.7. The molecule has 3 aliphatic rings. The molecule has 3 heterocycles. The van der Waals surface area contributed by atoms with E-state index in [2.05, 4.69) is 5.32 Å². The number of fused-ring (bicyclic) bond motifs is 2. The Kier molecular flexibility index (Phi) is 2.80. The van der Waals surface area contributed by atoms with E-state index in [4.69, 9.17) is 9.47 Å². The summed E-state index contributed by atoms with van der Waals surface area (Å²) in [6.07, 6.45) is 1.11. The van der Waals surface area contributed by atoms with Gasteiger partial charge in [-0.05, 0) is 30.5 Å². The maximum atomic E-state index is 12.7. The molecule has 0 aliphatic carbocycles. The molecule has 1 N–H and O–H groups in total. The minimum absolute atomic E-state index is 0.109. The Bertz CT molecular complexity index is 546. The first-order chi connectivity index (χ1) is 9.83. The zero-order valence-corrected chi connectivity index (χ0v) is 11.3. The maximum Gasteiger partial charge on any atom is 0.254 e. The minimum atomic E-state index is 0.109. The largest absolute Gasteiger partial charge is 0.486 e. The van der Waals surface area contributed by atoms with Crippen molar-refractivity contribution in [3.63, 3.8) is 0 Å². The number of nitrogens with zero attached hydrogens (tertiary/aromatic N) is 1. The van der Waals surface area contributed by atoms with Crippen molar-refractivity contribution in [2.24, 2.45) is 5.92 Å². The Morgan fingerprint density at radius 1 is 1.20 bits per heavy atom. The first-order valence-electron chi connectivity index (χ1n) is 7.24. The molecule has 2 fully saturated rings. The Morgan fingerprint density at radius 2 is 2.05 bits per heavy atom. The molecule has 2 saturated heterocycles. The predicted octanol–water partition coefficient (Wildman–Crippen LogP) is 0.892. The Hall–Kier alpha value is -1.75. The molecule has 20 heavy (non-hydrogen) atoms. The van der Waals surface area contributed by atoms with Crippen LogP contribution in [0.15, 0.2) is 18.2 Å². The van der Waals surface area contributed by atoms with Gasteiger partial charge in [0, 0.05) is 31.2 Å². The normalized spacial score (nSPS) is 27.5. The molecule has 0 bridgehead atoms. The van der Waals surface area contributed by atoms with Gasteiger partial charge in [-0.2, -0.15) is 0 Å². The average Bonchev–Trinajstić information content (AvgIpc) is 3.09. The van der Waals surface area contributed by atoms with Gasteiger partial charge in [0.15, 0.2) is 11.5 Å². The van der Waals surface area contributed by atoms with Crippen molar-refractivity contribution in [3.05, 3.63) is 23.8 Å². The third-order valence-electron chi connectivity index (χ3n) is 4.50. The van der Waals surface area contributed by atoms with Crippen LogP contribution in [-0.4, -0.2) is 49.7 Å². The molecule has 1 amide bonds. The second-order valence-electron chi connectivity index (χ2n) is 5.63. The fourth-order valence-corrected chi connectivity index (χ4v) is 3.44. The number of ether oxygens (including phenoxy) is 2. The molecule has 0 radical (unpaired) electrons. The molecule has 2 atom stereocenters. The van der Waals surface area contributed by atoms with Crippen LogP contribution in [-0.2, 0) is 0 Å². The zero-order valence-electron chi connectivity index (χ0n) is 11.3. The van der Waals surface area contributed by atoms with E-state index in [0.717, 1.165) is 31.8 Å². The number of benzene rings is 1. The summed E-state index contributed by atoms with van der Waals surface area (Å²) in [5.41, 5.74) is 0.696. The Labute approximate surface area is 117 Å². The molecule has 4 rings (SSSR count). The van der Waals surface area contributed by atoms with Gasteiger partial charge in [-0.15, -0.1) is 0 Å². The summed E-state index contributed by atoms with van der Waals surface area (Å²) in [5, 5.41) is 3.37. The third-order valence-corrected chi connectivity index (χ3v) is 4.50. The molecular formula is C15H18N2O3. The molecule has 5 nitrogen and oxygen atoms in total. The number of carbonyl (C=O) groups is 1. The van der Waals surface area contributed by atoms with Crippen molar-refractivity contribution in [2.75, 3.05) is 32.8 Å². The van der Waals surface area contributed by atoms with Crippen molar-refractivity contribution in [2.45, 2.75) is 12.5 Å². The van der Waals surface area contributed by atoms with Crippen molar-refractivity contribution in [3.8, 4) is 11.5 Å².